The van der Waals surface area contributed by atoms with E-state index in [9.17, 15) is 13.0 Å². The third-order valence-corrected chi connectivity index (χ3v) is 8.47. The lowest BCUT2D eigenvalue weighted by Crippen LogP contribution is -2.10. The minimum Gasteiger partial charge on any atom is -0.508 e. The molecule has 44 heavy (non-hydrogen) atoms. The predicted octanol–water partition coefficient (Wildman–Crippen LogP) is 10.8. The zero-order chi connectivity index (χ0) is 33.2. The van der Waals surface area contributed by atoms with Crippen molar-refractivity contribution >= 4 is 10.1 Å². The molecule has 0 radical (unpaired) electrons. The summed E-state index contributed by atoms with van der Waals surface area (Å²) in [5, 5.41) is 18.0. The van der Waals surface area contributed by atoms with Gasteiger partial charge in [-0.15, -0.1) is 0 Å². The first kappa shape index (κ1) is 39.2. The molecule has 0 spiro atoms. The van der Waals surface area contributed by atoms with Crippen LogP contribution in [-0.2, 0) is 27.4 Å². The maximum Gasteiger partial charge on any atom is 0.294 e. The topological polar surface area (TPSA) is 94.8 Å². The molecule has 0 saturated carbocycles. The average molecular weight is 627 g/mol. The molecular formula is C38H58O5S. The summed E-state index contributed by atoms with van der Waals surface area (Å²) in [6.07, 6.45) is 13.3. The van der Waals surface area contributed by atoms with Crippen molar-refractivity contribution in [1.82, 2.24) is 0 Å². The van der Waals surface area contributed by atoms with Crippen LogP contribution >= 0.6 is 0 Å². The molecule has 0 atom stereocenters. The van der Waals surface area contributed by atoms with Gasteiger partial charge in [0.15, 0.2) is 0 Å². The van der Waals surface area contributed by atoms with Crippen molar-refractivity contribution in [1.29, 1.82) is 0 Å². The molecule has 0 amide bonds. The third kappa shape index (κ3) is 16.9. The van der Waals surface area contributed by atoms with Crippen LogP contribution in [-0.4, -0.2) is 23.2 Å². The number of phenols is 2. The molecule has 3 N–H and O–H groups in total. The van der Waals surface area contributed by atoms with Gasteiger partial charge in [0.1, 0.15) is 11.5 Å². The van der Waals surface area contributed by atoms with Gasteiger partial charge in [0, 0.05) is 0 Å². The van der Waals surface area contributed by atoms with Crippen molar-refractivity contribution < 1.29 is 23.2 Å². The van der Waals surface area contributed by atoms with Gasteiger partial charge in [0.05, 0.1) is 4.90 Å². The number of benzene rings is 3. The molecule has 246 valence electrons. The van der Waals surface area contributed by atoms with Crippen molar-refractivity contribution in [3.8, 4) is 11.5 Å². The first-order valence-corrected chi connectivity index (χ1v) is 17.6. The van der Waals surface area contributed by atoms with Crippen molar-refractivity contribution in [3.05, 3.63) is 89.5 Å². The Labute approximate surface area is 268 Å². The molecule has 0 saturated heterocycles. The molecule has 0 heterocycles. The minimum absolute atomic E-state index is 0.0610. The number of aromatic hydroxyl groups is 2. The Kier molecular flexibility index (Phi) is 17.4. The standard InChI is InChI=1S/C18H30O3S.2C10H14O/c1-2-3-4-5-6-7-8-9-10-11-14-17-15-12-13-16-18(17)22(19,20)21;2*1-10(2,3)8-4-6-9(11)7-5-8/h12-13,15-16H,2-11,14H2,1H3,(H,19,20,21);2*4-7,11H,1-3H3. The molecule has 0 aliphatic rings. The molecule has 0 aliphatic heterocycles. The van der Waals surface area contributed by atoms with E-state index >= 15 is 0 Å². The quantitative estimate of drug-likeness (QED) is 0.137. The third-order valence-electron chi connectivity index (χ3n) is 7.52. The van der Waals surface area contributed by atoms with E-state index in [1.165, 1.54) is 68.6 Å². The van der Waals surface area contributed by atoms with Gasteiger partial charge in [-0.1, -0.05) is 149 Å². The number of phenolic OH excluding ortho intramolecular Hbond substituents is 2. The summed E-state index contributed by atoms with van der Waals surface area (Å²) in [5.74, 6) is 0.663. The largest absolute Gasteiger partial charge is 0.508 e. The van der Waals surface area contributed by atoms with E-state index in [0.29, 0.717) is 17.9 Å². The molecule has 3 aromatic rings. The Balaban J connectivity index is 0.000000367. The van der Waals surface area contributed by atoms with Crippen LogP contribution in [0, 0.1) is 0 Å². The first-order chi connectivity index (χ1) is 20.6. The number of aryl methyl sites for hydroxylation is 1. The number of rotatable bonds is 12. The van der Waals surface area contributed by atoms with Gasteiger partial charge in [-0.25, -0.2) is 0 Å². The highest BCUT2D eigenvalue weighted by Crippen LogP contribution is 2.24. The van der Waals surface area contributed by atoms with E-state index in [0.717, 1.165) is 18.4 Å². The second-order valence-corrected chi connectivity index (χ2v) is 15.0. The van der Waals surface area contributed by atoms with Gasteiger partial charge < -0.3 is 10.2 Å². The van der Waals surface area contributed by atoms with Crippen LogP contribution in [0.1, 0.15) is 129 Å². The van der Waals surface area contributed by atoms with E-state index in [-0.39, 0.29) is 15.7 Å². The van der Waals surface area contributed by atoms with Crippen LogP contribution in [0.4, 0.5) is 0 Å². The molecule has 3 aromatic carbocycles. The summed E-state index contributed by atoms with van der Waals surface area (Å²) < 4.78 is 31.8. The zero-order valence-corrected chi connectivity index (χ0v) is 29.1. The van der Waals surface area contributed by atoms with Crippen molar-refractivity contribution in [2.75, 3.05) is 0 Å². The molecule has 0 bridgehead atoms. The fraction of sp³-hybridized carbons (Fsp3) is 0.526. The fourth-order valence-corrected chi connectivity index (χ4v) is 5.44. The predicted molar refractivity (Wildman–Crippen MR) is 185 cm³/mol. The van der Waals surface area contributed by atoms with Gasteiger partial charge >= 0.3 is 0 Å². The summed E-state index contributed by atoms with van der Waals surface area (Å²) in [4.78, 5) is 0.0610. The van der Waals surface area contributed by atoms with Gasteiger partial charge in [-0.05, 0) is 70.7 Å². The maximum absolute atomic E-state index is 11.3. The lowest BCUT2D eigenvalue weighted by Gasteiger charge is -2.18. The van der Waals surface area contributed by atoms with Crippen LogP contribution in [0.25, 0.3) is 0 Å². The number of hydrogen-bond acceptors (Lipinski definition) is 4. The van der Waals surface area contributed by atoms with Crippen molar-refractivity contribution in [2.24, 2.45) is 0 Å². The number of hydrogen-bond donors (Lipinski definition) is 3. The van der Waals surface area contributed by atoms with Crippen LogP contribution in [0.15, 0.2) is 77.7 Å². The van der Waals surface area contributed by atoms with Crippen LogP contribution in [0.2, 0.25) is 0 Å². The van der Waals surface area contributed by atoms with Crippen LogP contribution in [0.5, 0.6) is 11.5 Å². The summed E-state index contributed by atoms with van der Waals surface area (Å²) >= 11 is 0. The van der Waals surface area contributed by atoms with Crippen molar-refractivity contribution in [2.45, 2.75) is 135 Å². The van der Waals surface area contributed by atoms with Crippen molar-refractivity contribution in [3.63, 3.8) is 0 Å². The minimum atomic E-state index is -4.10. The van der Waals surface area contributed by atoms with Gasteiger partial charge in [-0.3, -0.25) is 4.55 Å². The Morgan fingerprint density at radius 2 is 0.909 bits per heavy atom. The SMILES string of the molecule is CC(C)(C)c1ccc(O)cc1.CC(C)(C)c1ccc(O)cc1.CCCCCCCCCCCCc1ccccc1S(=O)(=O)O. The smallest absolute Gasteiger partial charge is 0.294 e. The molecular weight excluding hydrogens is 568 g/mol. The molecule has 0 unspecified atom stereocenters. The maximum atomic E-state index is 11.3. The highest BCUT2D eigenvalue weighted by molar-refractivity contribution is 7.85. The monoisotopic (exact) mass is 626 g/mol. The van der Waals surface area contributed by atoms with Gasteiger partial charge in [-0.2, -0.15) is 8.42 Å². The van der Waals surface area contributed by atoms with E-state index in [4.69, 9.17) is 10.2 Å². The highest BCUT2D eigenvalue weighted by atomic mass is 32.2. The second kappa shape index (κ2) is 19.5. The summed E-state index contributed by atoms with van der Waals surface area (Å²) in [5.41, 5.74) is 3.57. The molecule has 0 fully saturated rings. The van der Waals surface area contributed by atoms with Gasteiger partial charge in [0.25, 0.3) is 10.1 Å². The van der Waals surface area contributed by atoms with E-state index < -0.39 is 10.1 Å². The Morgan fingerprint density at radius 1 is 0.545 bits per heavy atom. The molecule has 3 rings (SSSR count). The summed E-state index contributed by atoms with van der Waals surface area (Å²) in [7, 11) is -4.10. The highest BCUT2D eigenvalue weighted by Gasteiger charge is 2.14. The summed E-state index contributed by atoms with van der Waals surface area (Å²) in [6.45, 7) is 15.1. The second-order valence-electron chi connectivity index (χ2n) is 13.6. The first-order valence-electron chi connectivity index (χ1n) is 16.2. The molecule has 0 aliphatic carbocycles. The summed E-state index contributed by atoms with van der Waals surface area (Å²) in [6, 6.07) is 21.4. The van der Waals surface area contributed by atoms with Gasteiger partial charge in [0.2, 0.25) is 0 Å². The molecule has 0 aromatic heterocycles. The van der Waals surface area contributed by atoms with E-state index in [2.05, 4.69) is 48.5 Å². The lowest BCUT2D eigenvalue weighted by atomic mass is 9.87. The van der Waals surface area contributed by atoms with E-state index in [1.807, 2.05) is 30.3 Å². The van der Waals surface area contributed by atoms with E-state index in [1.54, 1.807) is 36.4 Å². The Hall–Kier alpha value is -2.83. The zero-order valence-electron chi connectivity index (χ0n) is 28.3. The molecule has 5 nitrogen and oxygen atoms in total. The van der Waals surface area contributed by atoms with Crippen LogP contribution < -0.4 is 0 Å². The normalized spacial score (nSPS) is 11.6. The molecule has 6 heteroatoms. The number of unbranched alkanes of at least 4 members (excludes halogenated alkanes) is 9. The fourth-order valence-electron chi connectivity index (χ4n) is 4.69. The lowest BCUT2D eigenvalue weighted by molar-refractivity contribution is 0.473. The van der Waals surface area contributed by atoms with Crippen LogP contribution in [0.3, 0.4) is 0 Å². The average Bonchev–Trinajstić information content (AvgIpc) is 2.94. The Morgan fingerprint density at radius 3 is 1.27 bits per heavy atom. The Bertz CT molecular complexity index is 1230.